The maximum atomic E-state index is 12.4. The fourth-order valence-electron chi connectivity index (χ4n) is 4.05. The van der Waals surface area contributed by atoms with E-state index >= 15 is 0 Å². The zero-order chi connectivity index (χ0) is 18.4. The number of nitrogens with zero attached hydrogens (tertiary/aromatic N) is 3. The number of rotatable bonds is 6. The summed E-state index contributed by atoms with van der Waals surface area (Å²) in [7, 11) is 0. The minimum absolute atomic E-state index is 0.0657. The first-order chi connectivity index (χ1) is 12.6. The van der Waals surface area contributed by atoms with Crippen molar-refractivity contribution in [3.05, 3.63) is 17.5 Å². The number of carbonyl (C=O) groups is 1. The first-order valence-electron chi connectivity index (χ1n) is 9.62. The minimum Gasteiger partial charge on any atom is -0.379 e. The smallest absolute Gasteiger partial charge is 0.230 e. The minimum atomic E-state index is 0.0657. The number of nitrogens with one attached hydrogen (secondary N) is 1. The van der Waals surface area contributed by atoms with Gasteiger partial charge < -0.3 is 10.1 Å². The lowest BCUT2D eigenvalue weighted by Crippen LogP contribution is -2.59. The Morgan fingerprint density at radius 3 is 2.50 bits per heavy atom. The molecule has 1 amide bonds. The summed E-state index contributed by atoms with van der Waals surface area (Å²) in [4.78, 5) is 23.8. The standard InChI is InChI=1S/C19H30N4O2S/c1-15-12-16(2)22-18(21-15)26-13-17(24)20-14-19(6-4-3-5-7-19)23-8-10-25-11-9-23/h12H,3-11,13-14H2,1-2H3,(H,20,24). The molecule has 0 bridgehead atoms. The number of ether oxygens (including phenoxy) is 1. The quantitative estimate of drug-likeness (QED) is 0.605. The molecule has 1 saturated carbocycles. The van der Waals surface area contributed by atoms with Crippen molar-refractivity contribution in [2.75, 3.05) is 38.6 Å². The third-order valence-corrected chi connectivity index (χ3v) is 6.22. The number of morpholine rings is 1. The van der Waals surface area contributed by atoms with E-state index in [2.05, 4.69) is 20.2 Å². The van der Waals surface area contributed by atoms with E-state index in [1.807, 2.05) is 19.9 Å². The second-order valence-electron chi connectivity index (χ2n) is 7.38. The molecule has 0 radical (unpaired) electrons. The first kappa shape index (κ1) is 19.6. The normalized spacial score (nSPS) is 20.7. The Hall–Kier alpha value is -1.18. The second kappa shape index (κ2) is 9.15. The van der Waals surface area contributed by atoms with Crippen LogP contribution in [0.3, 0.4) is 0 Å². The van der Waals surface area contributed by atoms with E-state index in [1.54, 1.807) is 0 Å². The van der Waals surface area contributed by atoms with Crippen LogP contribution >= 0.6 is 11.8 Å². The van der Waals surface area contributed by atoms with E-state index in [0.29, 0.717) is 10.9 Å². The van der Waals surface area contributed by atoms with Crippen molar-refractivity contribution in [1.82, 2.24) is 20.2 Å². The first-order valence-corrected chi connectivity index (χ1v) is 10.6. The predicted octanol–water partition coefficient (Wildman–Crippen LogP) is 2.34. The molecule has 0 atom stereocenters. The van der Waals surface area contributed by atoms with Crippen molar-refractivity contribution in [1.29, 1.82) is 0 Å². The molecule has 2 aliphatic rings. The van der Waals surface area contributed by atoms with Crippen LogP contribution in [0.1, 0.15) is 43.5 Å². The number of thioether (sulfide) groups is 1. The van der Waals surface area contributed by atoms with E-state index in [0.717, 1.165) is 44.2 Å². The highest BCUT2D eigenvalue weighted by atomic mass is 32.2. The van der Waals surface area contributed by atoms with Gasteiger partial charge in [0.25, 0.3) is 0 Å². The van der Waals surface area contributed by atoms with Crippen LogP contribution in [0, 0.1) is 13.8 Å². The molecule has 0 spiro atoms. The van der Waals surface area contributed by atoms with Gasteiger partial charge in [-0.15, -0.1) is 0 Å². The van der Waals surface area contributed by atoms with E-state index in [4.69, 9.17) is 4.74 Å². The van der Waals surface area contributed by atoms with Gasteiger partial charge in [0.1, 0.15) is 0 Å². The van der Waals surface area contributed by atoms with Gasteiger partial charge in [-0.25, -0.2) is 9.97 Å². The summed E-state index contributed by atoms with van der Waals surface area (Å²) in [5.41, 5.74) is 1.99. The molecule has 1 N–H and O–H groups in total. The molecule has 0 aromatic carbocycles. The van der Waals surface area contributed by atoms with Gasteiger partial charge in [-0.2, -0.15) is 0 Å². The van der Waals surface area contributed by atoms with E-state index in [9.17, 15) is 4.79 Å². The molecule has 1 aliphatic heterocycles. The molecule has 144 valence electrons. The average molecular weight is 379 g/mol. The van der Waals surface area contributed by atoms with Gasteiger partial charge in [-0.1, -0.05) is 31.0 Å². The number of aromatic nitrogens is 2. The van der Waals surface area contributed by atoms with Crippen molar-refractivity contribution in [3.8, 4) is 0 Å². The van der Waals surface area contributed by atoms with Gasteiger partial charge in [0.15, 0.2) is 5.16 Å². The molecule has 1 saturated heterocycles. The fraction of sp³-hybridized carbons (Fsp3) is 0.737. The van der Waals surface area contributed by atoms with Gasteiger partial charge in [-0.05, 0) is 32.8 Å². The number of hydrogen-bond donors (Lipinski definition) is 1. The monoisotopic (exact) mass is 378 g/mol. The molecule has 3 rings (SSSR count). The Bertz CT molecular complexity index is 593. The molecule has 2 fully saturated rings. The highest BCUT2D eigenvalue weighted by Crippen LogP contribution is 2.33. The van der Waals surface area contributed by atoms with Crippen LogP contribution in [0.5, 0.6) is 0 Å². The Kier molecular flexibility index (Phi) is 6.89. The van der Waals surface area contributed by atoms with E-state index in [1.165, 1.54) is 43.9 Å². The zero-order valence-electron chi connectivity index (χ0n) is 15.9. The number of aryl methyl sites for hydroxylation is 2. The van der Waals surface area contributed by atoms with Crippen LogP contribution in [-0.2, 0) is 9.53 Å². The van der Waals surface area contributed by atoms with E-state index < -0.39 is 0 Å². The van der Waals surface area contributed by atoms with Crippen molar-refractivity contribution in [3.63, 3.8) is 0 Å². The molecule has 1 aromatic heterocycles. The van der Waals surface area contributed by atoms with Gasteiger partial charge in [0.2, 0.25) is 5.91 Å². The predicted molar refractivity (Wildman–Crippen MR) is 103 cm³/mol. The summed E-state index contributed by atoms with van der Waals surface area (Å²) in [5.74, 6) is 0.429. The maximum absolute atomic E-state index is 12.4. The molecular weight excluding hydrogens is 348 g/mol. The Morgan fingerprint density at radius 1 is 1.19 bits per heavy atom. The summed E-state index contributed by atoms with van der Waals surface area (Å²) in [6, 6.07) is 1.94. The SMILES string of the molecule is Cc1cc(C)nc(SCC(=O)NCC2(N3CCOCC3)CCCCC2)n1. The molecule has 7 heteroatoms. The summed E-state index contributed by atoms with van der Waals surface area (Å²) in [6.45, 7) is 8.19. The Morgan fingerprint density at radius 2 is 1.85 bits per heavy atom. The number of hydrogen-bond acceptors (Lipinski definition) is 6. The lowest BCUT2D eigenvalue weighted by Gasteiger charge is -2.48. The lowest BCUT2D eigenvalue weighted by atomic mass is 9.79. The summed E-state index contributed by atoms with van der Waals surface area (Å²) < 4.78 is 5.52. The molecule has 2 heterocycles. The Labute approximate surface area is 160 Å². The van der Waals surface area contributed by atoms with Crippen LogP contribution in [0.25, 0.3) is 0 Å². The summed E-state index contributed by atoms with van der Waals surface area (Å²) in [5, 5.41) is 3.87. The molecule has 26 heavy (non-hydrogen) atoms. The third kappa shape index (κ3) is 5.18. The largest absolute Gasteiger partial charge is 0.379 e. The highest BCUT2D eigenvalue weighted by Gasteiger charge is 2.38. The molecular formula is C19H30N4O2S. The molecule has 6 nitrogen and oxygen atoms in total. The average Bonchev–Trinajstić information content (AvgIpc) is 2.65. The van der Waals surface area contributed by atoms with Crippen LogP contribution in [-0.4, -0.2) is 64.9 Å². The Balaban J connectivity index is 1.53. The molecule has 0 unspecified atom stereocenters. The summed E-state index contributed by atoms with van der Waals surface area (Å²) in [6.07, 6.45) is 6.14. The van der Waals surface area contributed by atoms with Crippen molar-refractivity contribution < 1.29 is 9.53 Å². The molecule has 1 aliphatic carbocycles. The number of amides is 1. The van der Waals surface area contributed by atoms with E-state index in [-0.39, 0.29) is 11.4 Å². The molecule has 1 aromatic rings. The number of carbonyl (C=O) groups excluding carboxylic acids is 1. The van der Waals surface area contributed by atoms with Crippen LogP contribution < -0.4 is 5.32 Å². The second-order valence-corrected chi connectivity index (χ2v) is 8.33. The maximum Gasteiger partial charge on any atom is 0.230 e. The van der Waals surface area contributed by atoms with Gasteiger partial charge in [0.05, 0.1) is 19.0 Å². The fourth-order valence-corrected chi connectivity index (χ4v) is 4.83. The van der Waals surface area contributed by atoms with Crippen molar-refractivity contribution in [2.24, 2.45) is 0 Å². The van der Waals surface area contributed by atoms with Crippen molar-refractivity contribution in [2.45, 2.75) is 56.6 Å². The van der Waals surface area contributed by atoms with Gasteiger partial charge >= 0.3 is 0 Å². The topological polar surface area (TPSA) is 67.4 Å². The zero-order valence-corrected chi connectivity index (χ0v) is 16.7. The third-order valence-electron chi connectivity index (χ3n) is 5.37. The van der Waals surface area contributed by atoms with Crippen LogP contribution in [0.2, 0.25) is 0 Å². The van der Waals surface area contributed by atoms with Gasteiger partial charge in [-0.3, -0.25) is 9.69 Å². The lowest BCUT2D eigenvalue weighted by molar-refractivity contribution is -0.119. The highest BCUT2D eigenvalue weighted by molar-refractivity contribution is 7.99. The van der Waals surface area contributed by atoms with Crippen LogP contribution in [0.4, 0.5) is 0 Å². The summed E-state index contributed by atoms with van der Waals surface area (Å²) >= 11 is 1.41. The van der Waals surface area contributed by atoms with Crippen LogP contribution in [0.15, 0.2) is 11.2 Å². The van der Waals surface area contributed by atoms with Gasteiger partial charge in [0, 0.05) is 36.6 Å². The van der Waals surface area contributed by atoms with Crippen molar-refractivity contribution >= 4 is 17.7 Å².